The van der Waals surface area contributed by atoms with E-state index in [1.165, 1.54) is 24.1 Å². The zero-order chi connectivity index (χ0) is 15.5. The SMILES string of the molecule is CC(C)NCc1cc2c(n(CC3CCCO3)c1=O)CCCC2. The van der Waals surface area contributed by atoms with Crippen LogP contribution in [0.2, 0.25) is 0 Å². The molecule has 122 valence electrons. The molecule has 1 saturated heterocycles. The van der Waals surface area contributed by atoms with Crippen molar-refractivity contribution in [2.24, 2.45) is 0 Å². The van der Waals surface area contributed by atoms with Crippen molar-refractivity contribution in [3.05, 3.63) is 33.2 Å². The topological polar surface area (TPSA) is 43.3 Å². The lowest BCUT2D eigenvalue weighted by atomic mass is 9.94. The molecule has 2 aliphatic rings. The summed E-state index contributed by atoms with van der Waals surface area (Å²) in [5.41, 5.74) is 3.74. The molecule has 1 N–H and O–H groups in total. The smallest absolute Gasteiger partial charge is 0.255 e. The minimum absolute atomic E-state index is 0.185. The third-order valence-corrected chi connectivity index (χ3v) is 4.79. The molecule has 1 unspecified atom stereocenters. The second-order valence-corrected chi connectivity index (χ2v) is 6.94. The van der Waals surface area contributed by atoms with Gasteiger partial charge < -0.3 is 14.6 Å². The van der Waals surface area contributed by atoms with E-state index in [4.69, 9.17) is 4.74 Å². The standard InChI is InChI=1S/C18H28N2O2/c1-13(2)19-11-15-10-14-6-3-4-8-17(14)20(18(15)21)12-16-7-5-9-22-16/h10,13,16,19H,3-9,11-12H2,1-2H3. The van der Waals surface area contributed by atoms with Crippen molar-refractivity contribution in [3.8, 4) is 0 Å². The Hall–Kier alpha value is -1.13. The van der Waals surface area contributed by atoms with Gasteiger partial charge in [0.1, 0.15) is 0 Å². The summed E-state index contributed by atoms with van der Waals surface area (Å²) in [4.78, 5) is 12.9. The number of ether oxygens (including phenoxy) is 1. The molecule has 1 aromatic rings. The summed E-state index contributed by atoms with van der Waals surface area (Å²) >= 11 is 0. The minimum Gasteiger partial charge on any atom is -0.376 e. The Labute approximate surface area is 132 Å². The third kappa shape index (κ3) is 3.44. The van der Waals surface area contributed by atoms with Crippen LogP contribution >= 0.6 is 0 Å². The van der Waals surface area contributed by atoms with E-state index in [2.05, 4.69) is 25.2 Å². The van der Waals surface area contributed by atoms with Crippen LogP contribution in [0.25, 0.3) is 0 Å². The first kappa shape index (κ1) is 15.8. The van der Waals surface area contributed by atoms with E-state index in [0.29, 0.717) is 12.6 Å². The number of pyridine rings is 1. The predicted molar refractivity (Wildman–Crippen MR) is 88.3 cm³/mol. The first-order valence-corrected chi connectivity index (χ1v) is 8.74. The van der Waals surface area contributed by atoms with Gasteiger partial charge >= 0.3 is 0 Å². The highest BCUT2D eigenvalue weighted by atomic mass is 16.5. The Balaban J connectivity index is 1.93. The Morgan fingerprint density at radius 3 is 2.86 bits per heavy atom. The van der Waals surface area contributed by atoms with Crippen molar-refractivity contribution in [2.75, 3.05) is 6.61 Å². The van der Waals surface area contributed by atoms with E-state index in [9.17, 15) is 4.79 Å². The number of nitrogens with zero attached hydrogens (tertiary/aromatic N) is 1. The second kappa shape index (κ2) is 6.97. The second-order valence-electron chi connectivity index (χ2n) is 6.94. The summed E-state index contributed by atoms with van der Waals surface area (Å²) in [6.07, 6.45) is 7.00. The first-order chi connectivity index (χ1) is 10.6. The summed E-state index contributed by atoms with van der Waals surface area (Å²) in [5.74, 6) is 0. The average molecular weight is 304 g/mol. The molecule has 1 fully saturated rings. The van der Waals surface area contributed by atoms with Crippen LogP contribution in [-0.2, 0) is 30.7 Å². The summed E-state index contributed by atoms with van der Waals surface area (Å²) < 4.78 is 7.80. The number of fused-ring (bicyclic) bond motifs is 1. The van der Waals surface area contributed by atoms with Gasteiger partial charge in [-0.25, -0.2) is 0 Å². The fourth-order valence-corrected chi connectivity index (χ4v) is 3.57. The number of hydrogen-bond donors (Lipinski definition) is 1. The zero-order valence-corrected chi connectivity index (χ0v) is 13.9. The molecule has 0 spiro atoms. The molecular formula is C18H28N2O2. The van der Waals surface area contributed by atoms with Crippen LogP contribution in [0.4, 0.5) is 0 Å². The van der Waals surface area contributed by atoms with Gasteiger partial charge in [0.05, 0.1) is 12.6 Å². The van der Waals surface area contributed by atoms with E-state index < -0.39 is 0 Å². The highest BCUT2D eigenvalue weighted by molar-refractivity contribution is 5.29. The lowest BCUT2D eigenvalue weighted by molar-refractivity contribution is 0.0951. The molecule has 0 amide bonds. The van der Waals surface area contributed by atoms with Gasteiger partial charge in [0.15, 0.2) is 0 Å². The highest BCUT2D eigenvalue weighted by Gasteiger charge is 2.22. The average Bonchev–Trinajstić information content (AvgIpc) is 3.01. The maximum Gasteiger partial charge on any atom is 0.255 e. The number of rotatable bonds is 5. The Morgan fingerprint density at radius 2 is 2.14 bits per heavy atom. The van der Waals surface area contributed by atoms with Crippen LogP contribution in [-0.4, -0.2) is 23.3 Å². The Kier molecular flexibility index (Phi) is 4.99. The van der Waals surface area contributed by atoms with Crippen LogP contribution < -0.4 is 10.9 Å². The van der Waals surface area contributed by atoms with Crippen molar-refractivity contribution in [2.45, 2.75) is 77.6 Å². The maximum absolute atomic E-state index is 12.9. The molecular weight excluding hydrogens is 276 g/mol. The van der Waals surface area contributed by atoms with Crippen LogP contribution in [0.3, 0.4) is 0 Å². The molecule has 22 heavy (non-hydrogen) atoms. The van der Waals surface area contributed by atoms with Crippen molar-refractivity contribution >= 4 is 0 Å². The van der Waals surface area contributed by atoms with Gasteiger partial charge in [-0.05, 0) is 50.2 Å². The summed E-state index contributed by atoms with van der Waals surface area (Å²) in [5, 5.41) is 3.39. The number of hydrogen-bond acceptors (Lipinski definition) is 3. The van der Waals surface area contributed by atoms with Gasteiger partial charge in [-0.1, -0.05) is 13.8 Å². The molecule has 4 heteroatoms. The zero-order valence-electron chi connectivity index (χ0n) is 13.9. The molecule has 4 nitrogen and oxygen atoms in total. The normalized spacial score (nSPS) is 21.3. The lowest BCUT2D eigenvalue weighted by Crippen LogP contribution is -2.35. The molecule has 0 radical (unpaired) electrons. The number of aromatic nitrogens is 1. The third-order valence-electron chi connectivity index (χ3n) is 4.79. The number of aryl methyl sites for hydroxylation is 1. The van der Waals surface area contributed by atoms with Gasteiger partial charge in [-0.3, -0.25) is 4.79 Å². The molecule has 0 bridgehead atoms. The van der Waals surface area contributed by atoms with Crippen LogP contribution in [0.1, 0.15) is 56.4 Å². The fraction of sp³-hybridized carbons (Fsp3) is 0.722. The largest absolute Gasteiger partial charge is 0.376 e. The maximum atomic E-state index is 12.9. The van der Waals surface area contributed by atoms with E-state index in [-0.39, 0.29) is 11.7 Å². The monoisotopic (exact) mass is 304 g/mol. The molecule has 1 aromatic heterocycles. The van der Waals surface area contributed by atoms with Gasteiger partial charge in [0.2, 0.25) is 0 Å². The minimum atomic E-state index is 0.185. The number of nitrogens with one attached hydrogen (secondary N) is 1. The van der Waals surface area contributed by atoms with Crippen molar-refractivity contribution in [1.82, 2.24) is 9.88 Å². The van der Waals surface area contributed by atoms with Gasteiger partial charge in [-0.2, -0.15) is 0 Å². The molecule has 2 heterocycles. The van der Waals surface area contributed by atoms with Gasteiger partial charge in [0, 0.05) is 30.5 Å². The van der Waals surface area contributed by atoms with Crippen molar-refractivity contribution in [1.29, 1.82) is 0 Å². The molecule has 1 aliphatic heterocycles. The van der Waals surface area contributed by atoms with Crippen molar-refractivity contribution in [3.63, 3.8) is 0 Å². The first-order valence-electron chi connectivity index (χ1n) is 8.74. The van der Waals surface area contributed by atoms with Crippen molar-refractivity contribution < 1.29 is 4.74 Å². The summed E-state index contributed by atoms with van der Waals surface area (Å²) in [6, 6.07) is 2.54. The van der Waals surface area contributed by atoms with Crippen LogP contribution in [0.5, 0.6) is 0 Å². The molecule has 0 aromatic carbocycles. The van der Waals surface area contributed by atoms with E-state index in [0.717, 1.165) is 44.4 Å². The Bertz CT molecular complexity index is 571. The van der Waals surface area contributed by atoms with Gasteiger partial charge in [0.25, 0.3) is 5.56 Å². The summed E-state index contributed by atoms with van der Waals surface area (Å²) in [7, 11) is 0. The molecule has 1 aliphatic carbocycles. The van der Waals surface area contributed by atoms with Gasteiger partial charge in [-0.15, -0.1) is 0 Å². The quantitative estimate of drug-likeness (QED) is 0.908. The van der Waals surface area contributed by atoms with E-state index >= 15 is 0 Å². The van der Waals surface area contributed by atoms with E-state index in [1.807, 2.05) is 4.57 Å². The molecule has 1 atom stereocenters. The predicted octanol–water partition coefficient (Wildman–Crippen LogP) is 2.40. The Morgan fingerprint density at radius 1 is 1.32 bits per heavy atom. The lowest BCUT2D eigenvalue weighted by Gasteiger charge is -2.24. The highest BCUT2D eigenvalue weighted by Crippen LogP contribution is 2.22. The summed E-state index contributed by atoms with van der Waals surface area (Å²) in [6.45, 7) is 6.47. The fourth-order valence-electron chi connectivity index (χ4n) is 3.57. The molecule has 0 saturated carbocycles. The molecule has 3 rings (SSSR count). The van der Waals surface area contributed by atoms with Crippen LogP contribution in [0.15, 0.2) is 10.9 Å². The van der Waals surface area contributed by atoms with E-state index in [1.54, 1.807) is 0 Å². The van der Waals surface area contributed by atoms with Crippen LogP contribution in [0, 0.1) is 0 Å².